The number of hydrogen-bond acceptors (Lipinski definition) is 7. The Morgan fingerprint density at radius 1 is 1.09 bits per heavy atom. The van der Waals surface area contributed by atoms with Gasteiger partial charge in [0.15, 0.2) is 0 Å². The highest BCUT2D eigenvalue weighted by Gasteiger charge is 2.43. The quantitative estimate of drug-likeness (QED) is 0.416. The van der Waals surface area contributed by atoms with E-state index in [-0.39, 0.29) is 5.60 Å². The van der Waals surface area contributed by atoms with E-state index in [4.69, 9.17) is 15.9 Å². The molecule has 0 unspecified atom stereocenters. The third-order valence-electron chi connectivity index (χ3n) is 7.40. The summed E-state index contributed by atoms with van der Waals surface area (Å²) in [4.78, 5) is 13.9. The first-order valence-corrected chi connectivity index (χ1v) is 12.0. The molecule has 3 N–H and O–H groups in total. The number of nitrogen functional groups attached to an aromatic ring is 1. The molecule has 2 aliphatic heterocycles. The number of nitrogens with two attached hydrogens (primary N) is 1. The van der Waals surface area contributed by atoms with E-state index in [2.05, 4.69) is 57.0 Å². The Labute approximate surface area is 200 Å². The van der Waals surface area contributed by atoms with Crippen LogP contribution in [-0.2, 0) is 6.54 Å². The topological polar surface area (TPSA) is 91.4 Å². The largest absolute Gasteiger partial charge is 0.488 e. The molecule has 2 bridgehead atoms. The number of ether oxygens (including phenoxy) is 1. The number of nitrogens with zero attached hydrogens (tertiary/aromatic N) is 4. The van der Waals surface area contributed by atoms with E-state index in [9.17, 15) is 0 Å². The first-order valence-electron chi connectivity index (χ1n) is 12.0. The standard InChI is InChI=1S/C27H30N6O/c1-27(9-10-27)34-21-7-8-23(28)22(12-21)26(29)24-13-25(31-17-30-24)33-16-19-11-20(33)15-32(19)14-18-5-3-2-4-6-18/h2-8,12-13,17,19-20,29H,9-11,14-16,28H2,1H3/t19-,20-/m0/s1. The Morgan fingerprint density at radius 2 is 1.91 bits per heavy atom. The Bertz CT molecular complexity index is 1220. The van der Waals surface area contributed by atoms with Crippen LogP contribution in [0.4, 0.5) is 11.5 Å². The zero-order valence-electron chi connectivity index (χ0n) is 19.4. The fraction of sp³-hybridized carbons (Fsp3) is 0.370. The van der Waals surface area contributed by atoms with Crippen LogP contribution in [0.5, 0.6) is 5.75 Å². The maximum atomic E-state index is 8.83. The lowest BCUT2D eigenvalue weighted by Gasteiger charge is -2.35. The number of anilines is 2. The van der Waals surface area contributed by atoms with Crippen LogP contribution in [0.25, 0.3) is 0 Å². The molecule has 3 aromatic rings. The first-order chi connectivity index (χ1) is 16.5. The summed E-state index contributed by atoms with van der Waals surface area (Å²) >= 11 is 0. The summed E-state index contributed by atoms with van der Waals surface area (Å²) in [6.45, 7) is 5.08. The van der Waals surface area contributed by atoms with Gasteiger partial charge in [-0.25, -0.2) is 9.97 Å². The average Bonchev–Trinajstić information content (AvgIpc) is 3.25. The van der Waals surface area contributed by atoms with Crippen molar-refractivity contribution in [3.8, 4) is 5.75 Å². The number of piperazine rings is 1. The second kappa shape index (κ2) is 8.09. The van der Waals surface area contributed by atoms with E-state index in [0.29, 0.717) is 34.7 Å². The lowest BCUT2D eigenvalue weighted by molar-refractivity contribution is 0.200. The van der Waals surface area contributed by atoms with Crippen LogP contribution in [0.1, 0.15) is 43.0 Å². The monoisotopic (exact) mass is 454 g/mol. The van der Waals surface area contributed by atoms with Gasteiger partial charge in [-0.3, -0.25) is 10.3 Å². The van der Waals surface area contributed by atoms with Gasteiger partial charge in [-0.2, -0.15) is 0 Å². The molecule has 3 fully saturated rings. The Hall–Kier alpha value is -3.45. The number of likely N-dealkylation sites (tertiary alicyclic amines) is 1. The Kier molecular flexibility index (Phi) is 5.03. The van der Waals surface area contributed by atoms with Gasteiger partial charge in [0, 0.05) is 49.0 Å². The van der Waals surface area contributed by atoms with Crippen LogP contribution < -0.4 is 15.4 Å². The van der Waals surface area contributed by atoms with Gasteiger partial charge in [-0.1, -0.05) is 30.3 Å². The molecule has 0 spiro atoms. The molecule has 0 amide bonds. The van der Waals surface area contributed by atoms with Crippen LogP contribution >= 0.6 is 0 Å². The zero-order chi connectivity index (χ0) is 23.3. The molecule has 2 atom stereocenters. The van der Waals surface area contributed by atoms with Crippen LogP contribution in [-0.4, -0.2) is 51.4 Å². The highest BCUT2D eigenvalue weighted by atomic mass is 16.5. The molecule has 2 saturated heterocycles. The van der Waals surface area contributed by atoms with Crippen molar-refractivity contribution in [1.82, 2.24) is 14.9 Å². The predicted octanol–water partition coefficient (Wildman–Crippen LogP) is 3.87. The van der Waals surface area contributed by atoms with Gasteiger partial charge in [0.25, 0.3) is 0 Å². The third kappa shape index (κ3) is 4.01. The van der Waals surface area contributed by atoms with E-state index in [0.717, 1.165) is 50.5 Å². The average molecular weight is 455 g/mol. The molecule has 3 heterocycles. The van der Waals surface area contributed by atoms with Gasteiger partial charge in [0.2, 0.25) is 0 Å². The Balaban J connectivity index is 1.18. The molecule has 1 aliphatic carbocycles. The molecular formula is C27H30N6O. The minimum atomic E-state index is -0.0822. The number of hydrogen-bond donors (Lipinski definition) is 2. The Morgan fingerprint density at radius 3 is 2.65 bits per heavy atom. The summed E-state index contributed by atoms with van der Waals surface area (Å²) in [6.07, 6.45) is 4.82. The van der Waals surface area contributed by atoms with Crippen molar-refractivity contribution in [2.24, 2.45) is 0 Å². The summed E-state index contributed by atoms with van der Waals surface area (Å²) < 4.78 is 6.09. The van der Waals surface area contributed by atoms with Gasteiger partial charge in [0.1, 0.15) is 23.5 Å². The highest BCUT2D eigenvalue weighted by Crippen LogP contribution is 2.40. The van der Waals surface area contributed by atoms with Crippen molar-refractivity contribution in [2.45, 2.75) is 50.4 Å². The second-order valence-corrected chi connectivity index (χ2v) is 10.0. The molecule has 7 heteroatoms. The fourth-order valence-corrected chi connectivity index (χ4v) is 5.20. The molecule has 34 heavy (non-hydrogen) atoms. The molecule has 2 aromatic carbocycles. The second-order valence-electron chi connectivity index (χ2n) is 10.0. The molecule has 174 valence electrons. The minimum Gasteiger partial charge on any atom is -0.488 e. The van der Waals surface area contributed by atoms with Crippen molar-refractivity contribution in [3.05, 3.63) is 77.7 Å². The lowest BCUT2D eigenvalue weighted by Crippen LogP contribution is -2.46. The molecular weight excluding hydrogens is 424 g/mol. The van der Waals surface area contributed by atoms with E-state index in [1.165, 1.54) is 5.56 Å². The maximum absolute atomic E-state index is 8.83. The summed E-state index contributed by atoms with van der Waals surface area (Å²) in [7, 11) is 0. The molecule has 0 radical (unpaired) electrons. The summed E-state index contributed by atoms with van der Waals surface area (Å²) in [6, 6.07) is 19.1. The van der Waals surface area contributed by atoms with Crippen LogP contribution in [0.3, 0.4) is 0 Å². The van der Waals surface area contributed by atoms with E-state index in [1.54, 1.807) is 6.33 Å². The van der Waals surface area contributed by atoms with Gasteiger partial charge in [-0.15, -0.1) is 0 Å². The van der Waals surface area contributed by atoms with E-state index < -0.39 is 0 Å². The number of fused-ring (bicyclic) bond motifs is 2. The fourth-order valence-electron chi connectivity index (χ4n) is 5.20. The van der Waals surface area contributed by atoms with Gasteiger partial charge in [0.05, 0.1) is 11.4 Å². The minimum absolute atomic E-state index is 0.0822. The van der Waals surface area contributed by atoms with Gasteiger partial charge < -0.3 is 15.4 Å². The summed E-state index contributed by atoms with van der Waals surface area (Å²) in [5.41, 5.74) is 9.58. The van der Waals surface area contributed by atoms with Crippen molar-refractivity contribution in [1.29, 1.82) is 5.41 Å². The van der Waals surface area contributed by atoms with Gasteiger partial charge >= 0.3 is 0 Å². The number of benzene rings is 2. The number of rotatable bonds is 7. The maximum Gasteiger partial charge on any atom is 0.132 e. The highest BCUT2D eigenvalue weighted by molar-refractivity contribution is 6.13. The summed E-state index contributed by atoms with van der Waals surface area (Å²) in [5, 5.41) is 8.83. The van der Waals surface area contributed by atoms with E-state index >= 15 is 0 Å². The predicted molar refractivity (Wildman–Crippen MR) is 133 cm³/mol. The van der Waals surface area contributed by atoms with Crippen molar-refractivity contribution in [2.75, 3.05) is 23.7 Å². The molecule has 1 saturated carbocycles. The number of aromatic nitrogens is 2. The zero-order valence-corrected chi connectivity index (χ0v) is 19.4. The molecule has 7 nitrogen and oxygen atoms in total. The smallest absolute Gasteiger partial charge is 0.132 e. The third-order valence-corrected chi connectivity index (χ3v) is 7.40. The van der Waals surface area contributed by atoms with Crippen LogP contribution in [0.2, 0.25) is 0 Å². The lowest BCUT2D eigenvalue weighted by atomic mass is 10.0. The first kappa shape index (κ1) is 21.1. The normalized spacial score (nSPS) is 22.7. The van der Waals surface area contributed by atoms with Crippen LogP contribution in [0, 0.1) is 5.41 Å². The molecule has 1 aromatic heterocycles. The van der Waals surface area contributed by atoms with Crippen molar-refractivity contribution in [3.63, 3.8) is 0 Å². The van der Waals surface area contributed by atoms with Crippen LogP contribution in [0.15, 0.2) is 60.9 Å². The molecule has 6 rings (SSSR count). The van der Waals surface area contributed by atoms with E-state index in [1.807, 2.05) is 24.3 Å². The van der Waals surface area contributed by atoms with Crippen molar-refractivity contribution >= 4 is 17.2 Å². The van der Waals surface area contributed by atoms with Gasteiger partial charge in [-0.05, 0) is 49.9 Å². The number of nitrogens with one attached hydrogen (secondary N) is 1. The molecule has 3 aliphatic rings. The van der Waals surface area contributed by atoms with Crippen molar-refractivity contribution < 1.29 is 4.74 Å². The SMILES string of the molecule is CC1(Oc2ccc(N)c(C(=N)c3cc(N4C[C@@H]5C[C@H]4CN5Cc4ccccc4)ncn3)c2)CC1. The summed E-state index contributed by atoms with van der Waals surface area (Å²) in [5.74, 6) is 1.64.